The van der Waals surface area contributed by atoms with E-state index in [0.29, 0.717) is 12.0 Å². The molecule has 0 radical (unpaired) electrons. The summed E-state index contributed by atoms with van der Waals surface area (Å²) in [6.45, 7) is 6.29. The summed E-state index contributed by atoms with van der Waals surface area (Å²) in [6, 6.07) is 7.81. The number of nitrogens with zero attached hydrogens (tertiary/aromatic N) is 1. The fourth-order valence-corrected chi connectivity index (χ4v) is 1.92. The van der Waals surface area contributed by atoms with Crippen molar-refractivity contribution >= 4 is 5.97 Å². The lowest BCUT2D eigenvalue weighted by Gasteiger charge is -2.24. The SMILES string of the molecule is CC(C)(C)c1ccc2c(c1)C(=O)OC(C#N)C2. The Bertz CT molecular complexity index is 506. The van der Waals surface area contributed by atoms with Crippen LogP contribution in [0.5, 0.6) is 0 Å². The molecule has 1 atom stereocenters. The van der Waals surface area contributed by atoms with Gasteiger partial charge >= 0.3 is 5.97 Å². The maximum Gasteiger partial charge on any atom is 0.339 e. The number of hydrogen-bond acceptors (Lipinski definition) is 3. The quantitative estimate of drug-likeness (QED) is 0.642. The number of benzene rings is 1. The standard InChI is InChI=1S/C14H15NO2/c1-14(2,3)10-5-4-9-6-11(8-15)17-13(16)12(9)7-10/h4-5,7,11H,6H2,1-3H3. The van der Waals surface area contributed by atoms with E-state index in [1.54, 1.807) is 0 Å². The molecule has 0 bridgehead atoms. The van der Waals surface area contributed by atoms with E-state index in [1.165, 1.54) is 0 Å². The van der Waals surface area contributed by atoms with Crippen molar-refractivity contribution in [1.82, 2.24) is 0 Å². The summed E-state index contributed by atoms with van der Waals surface area (Å²) < 4.78 is 5.03. The van der Waals surface area contributed by atoms with E-state index in [1.807, 2.05) is 24.3 Å². The molecule has 1 aliphatic rings. The van der Waals surface area contributed by atoms with Crippen LogP contribution in [-0.4, -0.2) is 12.1 Å². The number of esters is 1. The zero-order valence-corrected chi connectivity index (χ0v) is 10.3. The minimum Gasteiger partial charge on any atom is -0.443 e. The molecular weight excluding hydrogens is 214 g/mol. The second kappa shape index (κ2) is 3.89. The summed E-state index contributed by atoms with van der Waals surface area (Å²) in [5.41, 5.74) is 2.61. The first-order valence-electron chi connectivity index (χ1n) is 5.66. The molecule has 0 fully saturated rings. The van der Waals surface area contributed by atoms with Crippen molar-refractivity contribution in [3.05, 3.63) is 34.9 Å². The Kier molecular flexibility index (Phi) is 2.66. The van der Waals surface area contributed by atoms with Gasteiger partial charge in [-0.05, 0) is 22.6 Å². The molecule has 0 saturated carbocycles. The molecule has 1 unspecified atom stereocenters. The molecule has 2 rings (SSSR count). The summed E-state index contributed by atoms with van der Waals surface area (Å²) in [5, 5.41) is 8.79. The van der Waals surface area contributed by atoms with E-state index in [0.717, 1.165) is 11.1 Å². The topological polar surface area (TPSA) is 50.1 Å². The fraction of sp³-hybridized carbons (Fsp3) is 0.429. The maximum absolute atomic E-state index is 11.8. The highest BCUT2D eigenvalue weighted by Gasteiger charge is 2.27. The zero-order valence-electron chi connectivity index (χ0n) is 10.3. The minimum atomic E-state index is -0.643. The maximum atomic E-state index is 11.8. The van der Waals surface area contributed by atoms with E-state index < -0.39 is 6.10 Å². The van der Waals surface area contributed by atoms with E-state index in [-0.39, 0.29) is 11.4 Å². The van der Waals surface area contributed by atoms with Gasteiger partial charge in [0.05, 0.1) is 5.56 Å². The highest BCUT2D eigenvalue weighted by Crippen LogP contribution is 2.28. The van der Waals surface area contributed by atoms with Crippen LogP contribution in [-0.2, 0) is 16.6 Å². The third-order valence-corrected chi connectivity index (χ3v) is 2.99. The lowest BCUT2D eigenvalue weighted by Crippen LogP contribution is -2.27. The third-order valence-electron chi connectivity index (χ3n) is 2.99. The number of cyclic esters (lactones) is 1. The Hall–Kier alpha value is -1.82. The molecule has 0 spiro atoms. The van der Waals surface area contributed by atoms with Crippen LogP contribution in [0.15, 0.2) is 18.2 Å². The molecule has 3 nitrogen and oxygen atoms in total. The van der Waals surface area contributed by atoms with Gasteiger partial charge < -0.3 is 4.74 Å². The first-order valence-corrected chi connectivity index (χ1v) is 5.66. The second-order valence-corrected chi connectivity index (χ2v) is 5.35. The van der Waals surface area contributed by atoms with Gasteiger partial charge in [0, 0.05) is 6.42 Å². The second-order valence-electron chi connectivity index (χ2n) is 5.35. The highest BCUT2D eigenvalue weighted by atomic mass is 16.5. The van der Waals surface area contributed by atoms with E-state index >= 15 is 0 Å². The van der Waals surface area contributed by atoms with Gasteiger partial charge in [-0.3, -0.25) is 0 Å². The van der Waals surface area contributed by atoms with Crippen LogP contribution >= 0.6 is 0 Å². The summed E-state index contributed by atoms with van der Waals surface area (Å²) >= 11 is 0. The number of rotatable bonds is 0. The summed E-state index contributed by atoms with van der Waals surface area (Å²) in [5.74, 6) is -0.385. The number of hydrogen-bond donors (Lipinski definition) is 0. The highest BCUT2D eigenvalue weighted by molar-refractivity contribution is 5.92. The molecule has 0 aromatic heterocycles. The van der Waals surface area contributed by atoms with Crippen LogP contribution < -0.4 is 0 Å². The van der Waals surface area contributed by atoms with Gasteiger partial charge in [-0.1, -0.05) is 32.9 Å². The monoisotopic (exact) mass is 229 g/mol. The molecule has 1 aromatic carbocycles. The van der Waals surface area contributed by atoms with Gasteiger partial charge in [0.1, 0.15) is 6.07 Å². The average Bonchev–Trinajstić information content (AvgIpc) is 2.27. The Balaban J connectivity index is 2.45. The van der Waals surface area contributed by atoms with Gasteiger partial charge in [0.25, 0.3) is 0 Å². The fourth-order valence-electron chi connectivity index (χ4n) is 1.92. The van der Waals surface area contributed by atoms with Gasteiger partial charge in [-0.15, -0.1) is 0 Å². The molecule has 88 valence electrons. The van der Waals surface area contributed by atoms with Crippen molar-refractivity contribution in [1.29, 1.82) is 5.26 Å². The first-order chi connectivity index (χ1) is 7.91. The molecule has 0 saturated heterocycles. The smallest absolute Gasteiger partial charge is 0.339 e. The van der Waals surface area contributed by atoms with Crippen molar-refractivity contribution < 1.29 is 9.53 Å². The van der Waals surface area contributed by atoms with Crippen molar-refractivity contribution in [2.45, 2.75) is 38.7 Å². The number of ether oxygens (including phenoxy) is 1. The zero-order chi connectivity index (χ0) is 12.6. The van der Waals surface area contributed by atoms with Crippen LogP contribution in [0.1, 0.15) is 42.3 Å². The Labute approximate surface area is 101 Å². The van der Waals surface area contributed by atoms with Crippen LogP contribution in [0.4, 0.5) is 0 Å². The number of nitriles is 1. The van der Waals surface area contributed by atoms with Gasteiger partial charge in [-0.25, -0.2) is 4.79 Å². The van der Waals surface area contributed by atoms with Crippen LogP contribution in [0.3, 0.4) is 0 Å². The van der Waals surface area contributed by atoms with E-state index in [4.69, 9.17) is 10.00 Å². The number of carbonyl (C=O) groups excluding carboxylic acids is 1. The predicted octanol–water partition coefficient (Wildman–Crippen LogP) is 2.59. The van der Waals surface area contributed by atoms with Crippen molar-refractivity contribution in [3.63, 3.8) is 0 Å². The largest absolute Gasteiger partial charge is 0.443 e. The van der Waals surface area contributed by atoms with Crippen molar-refractivity contribution in [2.24, 2.45) is 0 Å². The molecule has 0 aliphatic carbocycles. The molecule has 0 amide bonds. The van der Waals surface area contributed by atoms with Crippen molar-refractivity contribution in [3.8, 4) is 6.07 Å². The van der Waals surface area contributed by atoms with Crippen LogP contribution in [0.25, 0.3) is 0 Å². The van der Waals surface area contributed by atoms with E-state index in [2.05, 4.69) is 20.8 Å². The summed E-state index contributed by atoms with van der Waals surface area (Å²) in [6.07, 6.45) is -0.155. The van der Waals surface area contributed by atoms with E-state index in [9.17, 15) is 4.79 Å². The molecule has 1 aliphatic heterocycles. The lowest BCUT2D eigenvalue weighted by atomic mass is 9.84. The number of carbonyl (C=O) groups is 1. The number of fused-ring (bicyclic) bond motifs is 1. The molecular formula is C14H15NO2. The predicted molar refractivity (Wildman–Crippen MR) is 63.7 cm³/mol. The lowest BCUT2D eigenvalue weighted by molar-refractivity contribution is 0.0370. The third kappa shape index (κ3) is 2.16. The first kappa shape index (κ1) is 11.7. The van der Waals surface area contributed by atoms with Gasteiger partial charge in [-0.2, -0.15) is 5.26 Å². The summed E-state index contributed by atoms with van der Waals surface area (Å²) in [4.78, 5) is 11.8. The molecule has 17 heavy (non-hydrogen) atoms. The molecule has 1 aromatic rings. The minimum absolute atomic E-state index is 0.00138. The Morgan fingerprint density at radius 3 is 2.71 bits per heavy atom. The summed E-state index contributed by atoms with van der Waals surface area (Å²) in [7, 11) is 0. The van der Waals surface area contributed by atoms with Crippen LogP contribution in [0.2, 0.25) is 0 Å². The van der Waals surface area contributed by atoms with Gasteiger partial charge in [0.15, 0.2) is 6.10 Å². The van der Waals surface area contributed by atoms with Gasteiger partial charge in [0.2, 0.25) is 0 Å². The Morgan fingerprint density at radius 2 is 2.12 bits per heavy atom. The molecule has 1 heterocycles. The molecule has 3 heteroatoms. The van der Waals surface area contributed by atoms with Crippen molar-refractivity contribution in [2.75, 3.05) is 0 Å². The van der Waals surface area contributed by atoms with Crippen LogP contribution in [0, 0.1) is 11.3 Å². The molecule has 0 N–H and O–H groups in total. The Morgan fingerprint density at radius 1 is 1.41 bits per heavy atom. The normalized spacial score (nSPS) is 19.2. The average molecular weight is 229 g/mol.